The number of rotatable bonds is 5. The van der Waals surface area contributed by atoms with Crippen LogP contribution in [0.1, 0.15) is 20.5 Å². The van der Waals surface area contributed by atoms with E-state index < -0.39 is 0 Å². The first-order chi connectivity index (χ1) is 10.1. The van der Waals surface area contributed by atoms with E-state index in [0.717, 1.165) is 36.2 Å². The van der Waals surface area contributed by atoms with Crippen LogP contribution in [0.2, 0.25) is 0 Å². The standard InChI is InChI=1S/C15H22N4S2.HI/c1-11-14(21-12(2)18-11)10-17-15(16-3)19(4)8-7-13-6-5-9-20-13;/h5-6,9H,7-8,10H2,1-4H3,(H,16,17);1H. The molecule has 0 aliphatic rings. The van der Waals surface area contributed by atoms with Gasteiger partial charge in [0.25, 0.3) is 0 Å². The first-order valence-corrected chi connectivity index (χ1v) is 8.67. The van der Waals surface area contributed by atoms with Gasteiger partial charge in [-0.05, 0) is 31.7 Å². The molecule has 0 amide bonds. The molecule has 0 saturated heterocycles. The number of hydrogen-bond donors (Lipinski definition) is 1. The van der Waals surface area contributed by atoms with Crippen LogP contribution in [0.3, 0.4) is 0 Å². The number of hydrogen-bond acceptors (Lipinski definition) is 4. The predicted octanol–water partition coefficient (Wildman–Crippen LogP) is 3.69. The zero-order valence-electron chi connectivity index (χ0n) is 13.4. The molecule has 0 radical (unpaired) electrons. The van der Waals surface area contributed by atoms with Crippen molar-refractivity contribution in [3.05, 3.63) is 38.0 Å². The Labute approximate surface area is 157 Å². The van der Waals surface area contributed by atoms with Gasteiger partial charge in [0.05, 0.1) is 17.2 Å². The van der Waals surface area contributed by atoms with Crippen molar-refractivity contribution in [2.45, 2.75) is 26.8 Å². The van der Waals surface area contributed by atoms with Crippen molar-refractivity contribution in [3.63, 3.8) is 0 Å². The molecule has 7 heteroatoms. The number of aliphatic imine (C=N–C) groups is 1. The highest BCUT2D eigenvalue weighted by atomic mass is 127. The molecule has 0 fully saturated rings. The topological polar surface area (TPSA) is 40.5 Å². The number of thiazole rings is 1. The Hall–Kier alpha value is -0.670. The first-order valence-electron chi connectivity index (χ1n) is 6.97. The van der Waals surface area contributed by atoms with Gasteiger partial charge in [-0.1, -0.05) is 6.07 Å². The van der Waals surface area contributed by atoms with E-state index in [2.05, 4.69) is 51.7 Å². The number of halogens is 1. The summed E-state index contributed by atoms with van der Waals surface area (Å²) in [6.07, 6.45) is 1.05. The zero-order chi connectivity index (χ0) is 15.2. The Balaban J connectivity index is 0.00000242. The van der Waals surface area contributed by atoms with Crippen LogP contribution in [-0.4, -0.2) is 36.5 Å². The van der Waals surface area contributed by atoms with Crippen LogP contribution in [-0.2, 0) is 13.0 Å². The fraction of sp³-hybridized carbons (Fsp3) is 0.467. The van der Waals surface area contributed by atoms with Gasteiger partial charge in [-0.25, -0.2) is 4.98 Å². The van der Waals surface area contributed by atoms with Gasteiger partial charge >= 0.3 is 0 Å². The molecule has 122 valence electrons. The minimum Gasteiger partial charge on any atom is -0.351 e. The number of nitrogens with one attached hydrogen (secondary N) is 1. The summed E-state index contributed by atoms with van der Waals surface area (Å²) < 4.78 is 0. The quantitative estimate of drug-likeness (QED) is 0.429. The van der Waals surface area contributed by atoms with Gasteiger partial charge < -0.3 is 10.2 Å². The van der Waals surface area contributed by atoms with E-state index in [1.54, 1.807) is 22.7 Å². The lowest BCUT2D eigenvalue weighted by molar-refractivity contribution is 0.486. The van der Waals surface area contributed by atoms with Crippen LogP contribution in [0, 0.1) is 13.8 Å². The predicted molar refractivity (Wildman–Crippen MR) is 108 cm³/mol. The van der Waals surface area contributed by atoms with E-state index in [9.17, 15) is 0 Å². The maximum Gasteiger partial charge on any atom is 0.193 e. The number of nitrogens with zero attached hydrogens (tertiary/aromatic N) is 3. The van der Waals surface area contributed by atoms with Crippen molar-refractivity contribution in [3.8, 4) is 0 Å². The first kappa shape index (κ1) is 19.4. The minimum atomic E-state index is 0. The molecule has 4 nitrogen and oxygen atoms in total. The van der Waals surface area contributed by atoms with Gasteiger partial charge in [-0.3, -0.25) is 4.99 Å². The summed E-state index contributed by atoms with van der Waals surface area (Å²) in [5, 5.41) is 6.66. The molecule has 0 spiro atoms. The Bertz CT molecular complexity index is 593. The second-order valence-corrected chi connectivity index (χ2v) is 7.21. The van der Waals surface area contributed by atoms with Gasteiger partial charge in [0.2, 0.25) is 0 Å². The normalized spacial score (nSPS) is 11.2. The highest BCUT2D eigenvalue weighted by Gasteiger charge is 2.09. The third-order valence-electron chi connectivity index (χ3n) is 3.25. The lowest BCUT2D eigenvalue weighted by atomic mass is 10.3. The molecule has 0 aliphatic carbocycles. The van der Waals surface area contributed by atoms with Crippen molar-refractivity contribution >= 4 is 52.6 Å². The second kappa shape index (κ2) is 9.46. The molecule has 2 aromatic rings. The summed E-state index contributed by atoms with van der Waals surface area (Å²) in [4.78, 5) is 13.7. The van der Waals surface area contributed by atoms with E-state index in [1.165, 1.54) is 9.75 Å². The van der Waals surface area contributed by atoms with Crippen molar-refractivity contribution < 1.29 is 0 Å². The van der Waals surface area contributed by atoms with E-state index in [-0.39, 0.29) is 24.0 Å². The second-order valence-electron chi connectivity index (χ2n) is 4.89. The fourth-order valence-electron chi connectivity index (χ4n) is 2.12. The van der Waals surface area contributed by atoms with E-state index >= 15 is 0 Å². The van der Waals surface area contributed by atoms with Gasteiger partial charge in [-0.2, -0.15) is 0 Å². The molecule has 1 N–H and O–H groups in total. The van der Waals surface area contributed by atoms with Crippen LogP contribution < -0.4 is 5.32 Å². The molecular weight excluding hydrogens is 427 g/mol. The summed E-state index contributed by atoms with van der Waals surface area (Å²) in [7, 11) is 3.91. The monoisotopic (exact) mass is 450 g/mol. The van der Waals surface area contributed by atoms with Crippen molar-refractivity contribution in [1.29, 1.82) is 0 Å². The molecule has 0 aromatic carbocycles. The van der Waals surface area contributed by atoms with Crippen LogP contribution >= 0.6 is 46.7 Å². The summed E-state index contributed by atoms with van der Waals surface area (Å²) >= 11 is 3.55. The lowest BCUT2D eigenvalue weighted by Crippen LogP contribution is -2.39. The molecular formula is C15H23IN4S2. The molecule has 0 atom stereocenters. The molecule has 0 saturated carbocycles. The van der Waals surface area contributed by atoms with E-state index in [0.29, 0.717) is 0 Å². The van der Waals surface area contributed by atoms with Crippen LogP contribution in [0.25, 0.3) is 0 Å². The molecule has 0 aliphatic heterocycles. The molecule has 2 rings (SSSR count). The Kier molecular flexibility index (Phi) is 8.34. The molecule has 0 bridgehead atoms. The number of aryl methyl sites for hydroxylation is 2. The Morgan fingerprint density at radius 2 is 2.18 bits per heavy atom. The van der Waals surface area contributed by atoms with Gasteiger partial charge in [-0.15, -0.1) is 46.7 Å². The average Bonchev–Trinajstić information content (AvgIpc) is 3.07. The summed E-state index contributed by atoms with van der Waals surface area (Å²) in [5.74, 6) is 0.928. The highest BCUT2D eigenvalue weighted by molar-refractivity contribution is 14.0. The number of thiophene rings is 1. The summed E-state index contributed by atoms with van der Waals surface area (Å²) in [6.45, 7) is 5.85. The molecule has 2 heterocycles. The Morgan fingerprint density at radius 1 is 1.41 bits per heavy atom. The third-order valence-corrected chi connectivity index (χ3v) is 5.26. The summed E-state index contributed by atoms with van der Waals surface area (Å²) in [6, 6.07) is 4.28. The third kappa shape index (κ3) is 5.51. The van der Waals surface area contributed by atoms with Crippen molar-refractivity contribution in [2.24, 2.45) is 4.99 Å². The van der Waals surface area contributed by atoms with Gasteiger partial charge in [0.15, 0.2) is 5.96 Å². The van der Waals surface area contributed by atoms with Crippen LogP contribution in [0.15, 0.2) is 22.5 Å². The van der Waals surface area contributed by atoms with Crippen molar-refractivity contribution in [2.75, 3.05) is 20.6 Å². The zero-order valence-corrected chi connectivity index (χ0v) is 17.4. The smallest absolute Gasteiger partial charge is 0.193 e. The number of aromatic nitrogens is 1. The van der Waals surface area contributed by atoms with E-state index in [4.69, 9.17) is 0 Å². The van der Waals surface area contributed by atoms with Gasteiger partial charge in [0, 0.05) is 30.4 Å². The molecule has 2 aromatic heterocycles. The largest absolute Gasteiger partial charge is 0.351 e. The maximum atomic E-state index is 4.46. The molecule has 0 unspecified atom stereocenters. The molecule has 22 heavy (non-hydrogen) atoms. The maximum absolute atomic E-state index is 4.46. The van der Waals surface area contributed by atoms with Crippen molar-refractivity contribution in [1.82, 2.24) is 15.2 Å². The van der Waals surface area contributed by atoms with Gasteiger partial charge in [0.1, 0.15) is 0 Å². The van der Waals surface area contributed by atoms with E-state index in [1.807, 2.05) is 14.0 Å². The Morgan fingerprint density at radius 3 is 2.73 bits per heavy atom. The van der Waals surface area contributed by atoms with Crippen LogP contribution in [0.4, 0.5) is 0 Å². The average molecular weight is 450 g/mol. The fourth-order valence-corrected chi connectivity index (χ4v) is 3.70. The van der Waals surface area contributed by atoms with Crippen LogP contribution in [0.5, 0.6) is 0 Å². The number of guanidine groups is 1. The minimum absolute atomic E-state index is 0. The SMILES string of the molecule is CN=C(NCc1sc(C)nc1C)N(C)CCc1cccs1.I. The highest BCUT2D eigenvalue weighted by Crippen LogP contribution is 2.16. The lowest BCUT2D eigenvalue weighted by Gasteiger charge is -2.21. The number of likely N-dealkylation sites (N-methyl/N-ethyl adjacent to an activating group) is 1. The summed E-state index contributed by atoms with van der Waals surface area (Å²) in [5.41, 5.74) is 1.11.